The molecule has 140 valence electrons. The predicted molar refractivity (Wildman–Crippen MR) is 84.6 cm³/mol. The van der Waals surface area contributed by atoms with Crippen LogP contribution in [0.5, 0.6) is 0 Å². The van der Waals surface area contributed by atoms with Crippen LogP contribution >= 0.6 is 7.82 Å². The minimum Gasteiger partial charge on any atom is -0.387 e. The van der Waals surface area contributed by atoms with Crippen LogP contribution in [0.1, 0.15) is 36.9 Å². The lowest BCUT2D eigenvalue weighted by Crippen LogP contribution is -2.46. The summed E-state index contributed by atoms with van der Waals surface area (Å²) in [6.07, 6.45) is -0.998. The Kier molecular flexibility index (Phi) is 6.81. The van der Waals surface area contributed by atoms with Gasteiger partial charge in [-0.1, -0.05) is 6.92 Å². The van der Waals surface area contributed by atoms with Crippen molar-refractivity contribution >= 4 is 13.6 Å². The van der Waals surface area contributed by atoms with Crippen molar-refractivity contribution in [1.29, 1.82) is 0 Å². The molecule has 9 nitrogen and oxygen atoms in total. The summed E-state index contributed by atoms with van der Waals surface area (Å²) in [4.78, 5) is 21.0. The van der Waals surface area contributed by atoms with Crippen molar-refractivity contribution in [2.75, 3.05) is 13.2 Å². The number of hydrogen-bond acceptors (Lipinski definition) is 7. The Morgan fingerprint density at radius 1 is 1.36 bits per heavy atom. The molecule has 0 spiro atoms. The van der Waals surface area contributed by atoms with Crippen molar-refractivity contribution < 1.29 is 42.8 Å². The Bertz CT molecular complexity index is 654. The molecule has 2 heterocycles. The summed E-state index contributed by atoms with van der Waals surface area (Å²) in [5, 5.41) is 20.3. The Labute approximate surface area is 145 Å². The van der Waals surface area contributed by atoms with Crippen molar-refractivity contribution in [2.24, 2.45) is 0 Å². The van der Waals surface area contributed by atoms with E-state index in [2.05, 4.69) is 0 Å². The van der Waals surface area contributed by atoms with Crippen molar-refractivity contribution in [2.45, 2.75) is 44.8 Å². The van der Waals surface area contributed by atoms with E-state index in [9.17, 15) is 24.5 Å². The lowest BCUT2D eigenvalue weighted by atomic mass is 10.1. The van der Waals surface area contributed by atoms with Crippen LogP contribution in [0.3, 0.4) is 0 Å². The maximum atomic E-state index is 11.7. The van der Waals surface area contributed by atoms with E-state index < -0.39 is 39.0 Å². The molecular formula is C15H23NO8P+. The number of phosphoric ester groups is 1. The zero-order valence-corrected chi connectivity index (χ0v) is 14.9. The molecule has 10 heteroatoms. The molecule has 3 N–H and O–H groups in total. The zero-order valence-electron chi connectivity index (χ0n) is 14.0. The van der Waals surface area contributed by atoms with Gasteiger partial charge in [-0.3, -0.25) is 13.8 Å². The quantitative estimate of drug-likeness (QED) is 0.337. The smallest absolute Gasteiger partial charge is 0.387 e. The van der Waals surface area contributed by atoms with Crippen molar-refractivity contribution in [3.8, 4) is 0 Å². The lowest BCUT2D eigenvalue weighted by molar-refractivity contribution is -0.765. The van der Waals surface area contributed by atoms with E-state index in [1.54, 1.807) is 25.3 Å². The van der Waals surface area contributed by atoms with Crippen LogP contribution < -0.4 is 4.57 Å². The summed E-state index contributed by atoms with van der Waals surface area (Å²) in [6, 6.07) is 3.23. The van der Waals surface area contributed by atoms with Gasteiger partial charge in [-0.05, 0) is 19.4 Å². The molecule has 0 aromatic carbocycles. The van der Waals surface area contributed by atoms with Gasteiger partial charge in [0.1, 0.15) is 12.2 Å². The number of aliphatic hydroxyl groups excluding tert-OH is 2. The monoisotopic (exact) mass is 376 g/mol. The fraction of sp³-hybridized carbons (Fsp3) is 0.600. The first-order valence-corrected chi connectivity index (χ1v) is 9.40. The number of aromatic nitrogens is 1. The van der Waals surface area contributed by atoms with Crippen LogP contribution in [0.4, 0.5) is 0 Å². The first-order valence-electron chi connectivity index (χ1n) is 7.90. The molecule has 1 unspecified atom stereocenters. The molecule has 1 fully saturated rings. The summed E-state index contributed by atoms with van der Waals surface area (Å²) in [5.41, 5.74) is 0.417. The number of Topliss-reactive ketones (excluding diaryl/α,β-unsaturated/α-hetero) is 1. The number of aliphatic hydroxyl groups is 2. The van der Waals surface area contributed by atoms with Crippen molar-refractivity contribution in [1.82, 2.24) is 0 Å². The van der Waals surface area contributed by atoms with E-state index >= 15 is 0 Å². The van der Waals surface area contributed by atoms with Crippen LogP contribution in [0.15, 0.2) is 24.5 Å². The summed E-state index contributed by atoms with van der Waals surface area (Å²) in [6.45, 7) is 2.81. The van der Waals surface area contributed by atoms with Gasteiger partial charge in [-0.25, -0.2) is 4.57 Å². The number of nitrogens with zero attached hydrogens (tertiary/aromatic N) is 1. The molecule has 0 radical (unpaired) electrons. The average molecular weight is 376 g/mol. The maximum Gasteiger partial charge on any atom is 0.472 e. The van der Waals surface area contributed by atoms with E-state index in [1.165, 1.54) is 17.7 Å². The van der Waals surface area contributed by atoms with E-state index in [-0.39, 0.29) is 12.4 Å². The van der Waals surface area contributed by atoms with E-state index in [0.29, 0.717) is 12.0 Å². The molecule has 5 atom stereocenters. The van der Waals surface area contributed by atoms with Gasteiger partial charge in [0.15, 0.2) is 24.3 Å². The van der Waals surface area contributed by atoms with Crippen LogP contribution in [0.25, 0.3) is 0 Å². The Morgan fingerprint density at radius 2 is 2.08 bits per heavy atom. The fourth-order valence-corrected chi connectivity index (χ4v) is 3.21. The van der Waals surface area contributed by atoms with Gasteiger partial charge < -0.3 is 19.8 Å². The SMILES string of the molecule is CCCOP(=O)(O)OC[C@H]1O[C@@H]([n+]2cccc(C(C)=O)c2)[C@H](O)[C@@H]1O. The van der Waals surface area contributed by atoms with Gasteiger partial charge in [0.2, 0.25) is 0 Å². The van der Waals surface area contributed by atoms with Gasteiger partial charge in [-0.15, -0.1) is 0 Å². The Morgan fingerprint density at radius 3 is 2.72 bits per heavy atom. The maximum absolute atomic E-state index is 11.7. The highest BCUT2D eigenvalue weighted by Gasteiger charge is 2.49. The second-order valence-electron chi connectivity index (χ2n) is 5.74. The van der Waals surface area contributed by atoms with Crippen molar-refractivity contribution in [3.63, 3.8) is 0 Å². The summed E-state index contributed by atoms with van der Waals surface area (Å²) >= 11 is 0. The largest absolute Gasteiger partial charge is 0.472 e. The molecule has 1 aromatic rings. The molecule has 1 aliphatic rings. The summed E-state index contributed by atoms with van der Waals surface area (Å²) in [7, 11) is -4.24. The van der Waals surface area contributed by atoms with Crippen molar-refractivity contribution in [3.05, 3.63) is 30.1 Å². The third kappa shape index (κ3) is 5.15. The van der Waals surface area contributed by atoms with Gasteiger partial charge in [0.25, 0.3) is 6.23 Å². The average Bonchev–Trinajstić information content (AvgIpc) is 2.87. The molecule has 0 saturated carbocycles. The van der Waals surface area contributed by atoms with Crippen LogP contribution in [-0.4, -0.2) is 52.4 Å². The van der Waals surface area contributed by atoms with E-state index in [1.807, 2.05) is 0 Å². The predicted octanol–water partition coefficient (Wildman–Crippen LogP) is 0.339. The van der Waals surface area contributed by atoms with Gasteiger partial charge in [0.05, 0.1) is 18.8 Å². The lowest BCUT2D eigenvalue weighted by Gasteiger charge is -2.16. The second-order valence-corrected chi connectivity index (χ2v) is 7.19. The topological polar surface area (TPSA) is 126 Å². The number of carbonyl (C=O) groups excluding carboxylic acids is 1. The second kappa shape index (κ2) is 8.46. The number of ketones is 1. The normalized spacial score (nSPS) is 28.7. The molecule has 1 aromatic heterocycles. The van der Waals surface area contributed by atoms with E-state index in [0.717, 1.165) is 0 Å². The molecule has 0 amide bonds. The minimum atomic E-state index is -4.24. The first kappa shape index (κ1) is 20.1. The van der Waals surface area contributed by atoms with Gasteiger partial charge in [0, 0.05) is 6.07 Å². The summed E-state index contributed by atoms with van der Waals surface area (Å²) < 4.78 is 28.2. The minimum absolute atomic E-state index is 0.0563. The van der Waals surface area contributed by atoms with Crippen LogP contribution in [-0.2, 0) is 18.3 Å². The highest BCUT2D eigenvalue weighted by molar-refractivity contribution is 7.47. The van der Waals surface area contributed by atoms with Crippen LogP contribution in [0.2, 0.25) is 0 Å². The molecule has 1 saturated heterocycles. The third-order valence-corrected chi connectivity index (χ3v) is 4.70. The number of carbonyl (C=O) groups is 1. The number of pyridine rings is 1. The standard InChI is InChI=1S/C15H22NO8P/c1-3-7-22-25(20,21)23-9-12-13(18)14(19)15(24-12)16-6-4-5-11(8-16)10(2)17/h4-6,8,12-15,18-19H,3,7,9H2,1-2H3/p+1/t12-,13-,14-,15-/m1/s1. The highest BCUT2D eigenvalue weighted by atomic mass is 31.2. The zero-order chi connectivity index (χ0) is 18.6. The number of ether oxygens (including phenoxy) is 1. The van der Waals surface area contributed by atoms with Gasteiger partial charge >= 0.3 is 7.82 Å². The van der Waals surface area contributed by atoms with Crippen LogP contribution in [0, 0.1) is 0 Å². The fourth-order valence-electron chi connectivity index (χ4n) is 2.38. The molecular weight excluding hydrogens is 353 g/mol. The Balaban J connectivity index is 2.04. The summed E-state index contributed by atoms with van der Waals surface area (Å²) in [5.74, 6) is -0.156. The van der Waals surface area contributed by atoms with E-state index in [4.69, 9.17) is 13.8 Å². The van der Waals surface area contributed by atoms with Gasteiger partial charge in [-0.2, -0.15) is 4.57 Å². The molecule has 0 aliphatic carbocycles. The number of hydrogen-bond donors (Lipinski definition) is 3. The highest BCUT2D eigenvalue weighted by Crippen LogP contribution is 2.44. The molecule has 25 heavy (non-hydrogen) atoms. The first-order chi connectivity index (χ1) is 11.7. The number of rotatable bonds is 8. The number of phosphoric acid groups is 1. The molecule has 0 bridgehead atoms. The molecule has 2 rings (SSSR count). The molecule has 1 aliphatic heterocycles. The third-order valence-electron chi connectivity index (χ3n) is 3.72. The Hall–Kier alpha value is -1.19.